The number of carbonyl (C=O) groups excluding carboxylic acids is 2. The first-order chi connectivity index (χ1) is 21.0. The molecular formula is C35H33NO6S. The highest BCUT2D eigenvalue weighted by Gasteiger charge is 2.39. The molecule has 1 N–H and O–H groups in total. The zero-order valence-corrected chi connectivity index (χ0v) is 24.8. The van der Waals surface area contributed by atoms with E-state index in [0.717, 1.165) is 32.9 Å². The predicted molar refractivity (Wildman–Crippen MR) is 164 cm³/mol. The van der Waals surface area contributed by atoms with Crippen molar-refractivity contribution in [2.75, 3.05) is 12.9 Å². The summed E-state index contributed by atoms with van der Waals surface area (Å²) < 4.78 is 18.7. The summed E-state index contributed by atoms with van der Waals surface area (Å²) in [5.74, 6) is 1.02. The molecule has 6 rings (SSSR count). The summed E-state index contributed by atoms with van der Waals surface area (Å²) in [6.45, 7) is 2.31. The van der Waals surface area contributed by atoms with Gasteiger partial charge in [0.2, 0.25) is 0 Å². The number of hydrogen-bond donors (Lipinski definition) is 1. The molecule has 0 unspecified atom stereocenters. The molecule has 220 valence electrons. The largest absolute Gasteiger partial charge is 0.496 e. The molecule has 0 aliphatic carbocycles. The van der Waals surface area contributed by atoms with E-state index in [-0.39, 0.29) is 43.1 Å². The number of ether oxygens (including phenoxy) is 3. The Labute approximate surface area is 255 Å². The molecule has 4 aromatic carbocycles. The first-order valence-electron chi connectivity index (χ1n) is 14.3. The van der Waals surface area contributed by atoms with Gasteiger partial charge in [-0.3, -0.25) is 14.5 Å². The molecule has 43 heavy (non-hydrogen) atoms. The Bertz CT molecular complexity index is 1570. The monoisotopic (exact) mass is 595 g/mol. The van der Waals surface area contributed by atoms with Crippen molar-refractivity contribution >= 4 is 23.6 Å². The number of aliphatic hydroxyl groups is 1. The maximum Gasteiger partial charge on any atom is 0.261 e. The van der Waals surface area contributed by atoms with Crippen molar-refractivity contribution in [1.82, 2.24) is 4.90 Å². The molecule has 1 fully saturated rings. The number of amides is 2. The van der Waals surface area contributed by atoms with Gasteiger partial charge in [-0.2, -0.15) is 0 Å². The van der Waals surface area contributed by atoms with E-state index < -0.39 is 6.29 Å². The summed E-state index contributed by atoms with van der Waals surface area (Å²) in [5.41, 5.74) is 4.43. The van der Waals surface area contributed by atoms with E-state index in [1.807, 2.05) is 72.8 Å². The van der Waals surface area contributed by atoms with Crippen LogP contribution in [-0.4, -0.2) is 40.8 Å². The number of imide groups is 1. The summed E-state index contributed by atoms with van der Waals surface area (Å²) in [6, 6.07) is 30.4. The lowest BCUT2D eigenvalue weighted by molar-refractivity contribution is -0.268. The van der Waals surface area contributed by atoms with Crippen molar-refractivity contribution < 1.29 is 28.9 Å². The SMILES string of the molecule is COc1ccccc1SC[C@@H]1O[C@H](c2ccc(CN3C(=O)c4ccccc4C3=O)cc2)O[C@H](c2ccc(CO)cc2)[C@@H]1C. The number of methoxy groups -OCH3 is 1. The molecule has 2 aliphatic heterocycles. The number of aliphatic hydroxyl groups excluding tert-OH is 1. The second-order valence-corrected chi connectivity index (χ2v) is 11.8. The highest BCUT2D eigenvalue weighted by atomic mass is 32.2. The van der Waals surface area contributed by atoms with Gasteiger partial charge in [-0.1, -0.05) is 79.7 Å². The molecule has 2 amide bonds. The van der Waals surface area contributed by atoms with Crippen LogP contribution in [-0.2, 0) is 22.6 Å². The van der Waals surface area contributed by atoms with Crippen LogP contribution in [0.1, 0.15) is 62.3 Å². The normalized spacial score (nSPS) is 21.6. The van der Waals surface area contributed by atoms with Crippen molar-refractivity contribution in [1.29, 1.82) is 0 Å². The molecule has 0 spiro atoms. The van der Waals surface area contributed by atoms with Crippen LogP contribution in [0.4, 0.5) is 0 Å². The van der Waals surface area contributed by atoms with Crippen molar-refractivity contribution in [3.05, 3.63) is 130 Å². The van der Waals surface area contributed by atoms with Crippen molar-refractivity contribution in [2.24, 2.45) is 5.92 Å². The van der Waals surface area contributed by atoms with Crippen LogP contribution in [0.2, 0.25) is 0 Å². The standard InChI is InChI=1S/C35H33NO6S/c1-22-30(21-43-31-10-6-5-9-29(31)40-2)41-35(42-32(22)25-15-13-24(20-37)14-16-25)26-17-11-23(12-18-26)19-36-33(38)27-7-3-4-8-28(27)34(36)39/h3-18,22,30,32,35,37H,19-21H2,1-2H3/t22-,30+,32+,35+/m1/s1. The van der Waals surface area contributed by atoms with Crippen LogP contribution in [0, 0.1) is 5.92 Å². The molecule has 0 aromatic heterocycles. The molecule has 2 heterocycles. The number of rotatable bonds is 9. The van der Waals surface area contributed by atoms with Crippen LogP contribution in [0.3, 0.4) is 0 Å². The van der Waals surface area contributed by atoms with E-state index in [9.17, 15) is 14.7 Å². The van der Waals surface area contributed by atoms with E-state index in [0.29, 0.717) is 16.9 Å². The van der Waals surface area contributed by atoms with E-state index in [1.165, 1.54) is 4.90 Å². The van der Waals surface area contributed by atoms with Gasteiger partial charge in [-0.25, -0.2) is 0 Å². The smallest absolute Gasteiger partial charge is 0.261 e. The lowest BCUT2D eigenvalue weighted by Crippen LogP contribution is -2.38. The Morgan fingerprint density at radius 2 is 1.40 bits per heavy atom. The maximum absolute atomic E-state index is 12.8. The predicted octanol–water partition coefficient (Wildman–Crippen LogP) is 6.57. The number of carbonyl (C=O) groups is 2. The fraction of sp³-hybridized carbons (Fsp3) is 0.257. The van der Waals surface area contributed by atoms with E-state index in [4.69, 9.17) is 14.2 Å². The second kappa shape index (κ2) is 12.7. The molecule has 4 atom stereocenters. The Balaban J connectivity index is 1.21. The number of para-hydroxylation sites is 1. The molecule has 2 aliphatic rings. The maximum atomic E-state index is 12.8. The lowest BCUT2D eigenvalue weighted by atomic mass is 9.91. The molecule has 0 radical (unpaired) electrons. The summed E-state index contributed by atoms with van der Waals surface area (Å²) in [6.07, 6.45) is -0.975. The van der Waals surface area contributed by atoms with Gasteiger partial charge in [0, 0.05) is 22.1 Å². The number of benzene rings is 4. The zero-order valence-electron chi connectivity index (χ0n) is 24.0. The Morgan fingerprint density at radius 3 is 2.05 bits per heavy atom. The fourth-order valence-electron chi connectivity index (χ4n) is 5.57. The minimum absolute atomic E-state index is 0.0155. The van der Waals surface area contributed by atoms with Crippen LogP contribution < -0.4 is 4.74 Å². The summed E-state index contributed by atoms with van der Waals surface area (Å²) >= 11 is 1.69. The van der Waals surface area contributed by atoms with Crippen molar-refractivity contribution in [2.45, 2.75) is 43.5 Å². The van der Waals surface area contributed by atoms with Gasteiger partial charge >= 0.3 is 0 Å². The van der Waals surface area contributed by atoms with Gasteiger partial charge in [-0.05, 0) is 41.0 Å². The Kier molecular flexibility index (Phi) is 8.63. The molecule has 0 saturated carbocycles. The van der Waals surface area contributed by atoms with Crippen LogP contribution >= 0.6 is 11.8 Å². The van der Waals surface area contributed by atoms with Gasteiger partial charge in [0.25, 0.3) is 11.8 Å². The Hall–Kier alpha value is -3.95. The third-order valence-electron chi connectivity index (χ3n) is 8.07. The minimum atomic E-state index is -0.615. The molecule has 1 saturated heterocycles. The Morgan fingerprint density at radius 1 is 0.791 bits per heavy atom. The zero-order chi connectivity index (χ0) is 29.9. The quantitative estimate of drug-likeness (QED) is 0.173. The number of nitrogens with zero attached hydrogens (tertiary/aromatic N) is 1. The van der Waals surface area contributed by atoms with Crippen molar-refractivity contribution in [3.8, 4) is 5.75 Å². The average Bonchev–Trinajstić information content (AvgIpc) is 3.29. The minimum Gasteiger partial charge on any atom is -0.496 e. The van der Waals surface area contributed by atoms with Crippen LogP contribution in [0.5, 0.6) is 5.75 Å². The first-order valence-corrected chi connectivity index (χ1v) is 15.3. The summed E-state index contributed by atoms with van der Waals surface area (Å²) in [4.78, 5) is 28.0. The fourth-order valence-corrected chi connectivity index (χ4v) is 6.76. The van der Waals surface area contributed by atoms with Gasteiger partial charge < -0.3 is 19.3 Å². The highest BCUT2D eigenvalue weighted by Crippen LogP contribution is 2.43. The molecule has 8 heteroatoms. The highest BCUT2D eigenvalue weighted by molar-refractivity contribution is 7.99. The third kappa shape index (κ3) is 5.96. The molecule has 4 aromatic rings. The van der Waals surface area contributed by atoms with Crippen molar-refractivity contribution in [3.63, 3.8) is 0 Å². The van der Waals surface area contributed by atoms with Gasteiger partial charge in [0.15, 0.2) is 6.29 Å². The average molecular weight is 596 g/mol. The third-order valence-corrected chi connectivity index (χ3v) is 9.21. The first kappa shape index (κ1) is 29.1. The van der Waals surface area contributed by atoms with Gasteiger partial charge in [-0.15, -0.1) is 11.8 Å². The summed E-state index contributed by atoms with van der Waals surface area (Å²) in [5, 5.41) is 9.53. The van der Waals surface area contributed by atoms with E-state index >= 15 is 0 Å². The lowest BCUT2D eigenvalue weighted by Gasteiger charge is -2.41. The van der Waals surface area contributed by atoms with Crippen LogP contribution in [0.25, 0.3) is 0 Å². The van der Waals surface area contributed by atoms with Crippen LogP contribution in [0.15, 0.2) is 102 Å². The summed E-state index contributed by atoms with van der Waals surface area (Å²) in [7, 11) is 1.67. The van der Waals surface area contributed by atoms with E-state index in [2.05, 4.69) is 6.92 Å². The number of thioether (sulfide) groups is 1. The molecule has 7 nitrogen and oxygen atoms in total. The number of fused-ring (bicyclic) bond motifs is 1. The molecular weight excluding hydrogens is 562 g/mol. The van der Waals surface area contributed by atoms with Gasteiger partial charge in [0.05, 0.1) is 43.6 Å². The van der Waals surface area contributed by atoms with E-state index in [1.54, 1.807) is 43.1 Å². The topological polar surface area (TPSA) is 85.3 Å². The number of hydrogen-bond acceptors (Lipinski definition) is 7. The second-order valence-electron chi connectivity index (χ2n) is 10.8. The van der Waals surface area contributed by atoms with Gasteiger partial charge in [0.1, 0.15) is 5.75 Å². The molecule has 0 bridgehead atoms.